The summed E-state index contributed by atoms with van der Waals surface area (Å²) in [7, 11) is 0. The van der Waals surface area contributed by atoms with Gasteiger partial charge in [-0.15, -0.1) is 0 Å². The Hall–Kier alpha value is -3.32. The Morgan fingerprint density at radius 2 is 1.86 bits per heavy atom. The molecule has 1 heterocycles. The maximum Gasteiger partial charge on any atom is 0.346 e. The van der Waals surface area contributed by atoms with E-state index >= 15 is 0 Å². The van der Waals surface area contributed by atoms with Gasteiger partial charge in [-0.1, -0.05) is 42.5 Å². The zero-order valence-corrected chi connectivity index (χ0v) is 11.5. The van der Waals surface area contributed by atoms with Gasteiger partial charge >= 0.3 is 5.97 Å². The number of nitriles is 1. The molecule has 106 valence electrons. The SMILES string of the molecule is N#C/C(=C/c1ccc(-c2cccc3ccccc23)o1)C(=O)O. The summed E-state index contributed by atoms with van der Waals surface area (Å²) < 4.78 is 5.67. The second kappa shape index (κ2) is 5.58. The summed E-state index contributed by atoms with van der Waals surface area (Å²) in [5.74, 6) is -0.307. The molecule has 0 spiro atoms. The number of carbonyl (C=O) groups is 1. The Morgan fingerprint density at radius 3 is 2.64 bits per heavy atom. The molecule has 1 N–H and O–H groups in total. The number of nitrogens with zero attached hydrogens (tertiary/aromatic N) is 1. The highest BCUT2D eigenvalue weighted by Crippen LogP contribution is 2.30. The fourth-order valence-electron chi connectivity index (χ4n) is 2.30. The maximum atomic E-state index is 10.9. The van der Waals surface area contributed by atoms with Crippen molar-refractivity contribution in [2.45, 2.75) is 0 Å². The Kier molecular flexibility index (Phi) is 3.47. The lowest BCUT2D eigenvalue weighted by Crippen LogP contribution is -1.96. The third kappa shape index (κ3) is 2.48. The third-order valence-corrected chi connectivity index (χ3v) is 3.32. The van der Waals surface area contributed by atoms with E-state index in [9.17, 15) is 4.79 Å². The van der Waals surface area contributed by atoms with E-state index in [4.69, 9.17) is 14.8 Å². The summed E-state index contributed by atoms with van der Waals surface area (Å²) in [6.07, 6.45) is 1.22. The topological polar surface area (TPSA) is 74.2 Å². The van der Waals surface area contributed by atoms with Gasteiger partial charge in [-0.3, -0.25) is 0 Å². The number of carboxylic acid groups (broad SMARTS) is 1. The molecule has 4 nitrogen and oxygen atoms in total. The second-order valence-electron chi connectivity index (χ2n) is 4.70. The maximum absolute atomic E-state index is 10.9. The molecule has 1 aromatic heterocycles. The van der Waals surface area contributed by atoms with Gasteiger partial charge in [-0.05, 0) is 22.9 Å². The predicted octanol–water partition coefficient (Wildman–Crippen LogP) is 4.09. The molecule has 0 saturated carbocycles. The Balaban J connectivity index is 2.07. The van der Waals surface area contributed by atoms with Crippen molar-refractivity contribution < 1.29 is 14.3 Å². The smallest absolute Gasteiger partial charge is 0.346 e. The van der Waals surface area contributed by atoms with Crippen LogP contribution in [0.4, 0.5) is 0 Å². The molecule has 0 fully saturated rings. The van der Waals surface area contributed by atoms with Crippen molar-refractivity contribution >= 4 is 22.8 Å². The molecule has 0 radical (unpaired) electrons. The number of carboxylic acids is 1. The van der Waals surface area contributed by atoms with Crippen molar-refractivity contribution in [1.82, 2.24) is 0 Å². The average Bonchev–Trinajstić information content (AvgIpc) is 3.00. The Labute approximate surface area is 126 Å². The summed E-state index contributed by atoms with van der Waals surface area (Å²) in [6.45, 7) is 0. The molecule has 4 heteroatoms. The predicted molar refractivity (Wildman–Crippen MR) is 82.9 cm³/mol. The third-order valence-electron chi connectivity index (χ3n) is 3.32. The summed E-state index contributed by atoms with van der Waals surface area (Å²) in [5, 5.41) is 19.8. The summed E-state index contributed by atoms with van der Waals surface area (Å²) in [6, 6.07) is 18.9. The highest BCUT2D eigenvalue weighted by Gasteiger charge is 2.10. The first-order valence-corrected chi connectivity index (χ1v) is 6.62. The van der Waals surface area contributed by atoms with Gasteiger partial charge in [-0.2, -0.15) is 5.26 Å². The summed E-state index contributed by atoms with van der Waals surface area (Å²) in [5.41, 5.74) is 0.561. The van der Waals surface area contributed by atoms with Crippen LogP contribution in [-0.4, -0.2) is 11.1 Å². The highest BCUT2D eigenvalue weighted by molar-refractivity contribution is 5.97. The lowest BCUT2D eigenvalue weighted by Gasteiger charge is -2.03. The number of fused-ring (bicyclic) bond motifs is 1. The first-order chi connectivity index (χ1) is 10.7. The van der Waals surface area contributed by atoms with Gasteiger partial charge in [0.2, 0.25) is 0 Å². The van der Waals surface area contributed by atoms with Gasteiger partial charge in [0.25, 0.3) is 0 Å². The quantitative estimate of drug-likeness (QED) is 0.582. The molecule has 0 atom stereocenters. The second-order valence-corrected chi connectivity index (χ2v) is 4.70. The van der Waals surface area contributed by atoms with Crippen LogP contribution in [0.15, 0.2) is 64.6 Å². The number of hydrogen-bond acceptors (Lipinski definition) is 3. The van der Waals surface area contributed by atoms with E-state index in [1.54, 1.807) is 18.2 Å². The molecule has 0 amide bonds. The Bertz CT molecular complexity index is 923. The van der Waals surface area contributed by atoms with Crippen LogP contribution in [0, 0.1) is 11.3 Å². The molecule has 0 saturated heterocycles. The zero-order valence-electron chi connectivity index (χ0n) is 11.5. The van der Waals surface area contributed by atoms with E-state index < -0.39 is 5.97 Å². The molecule has 3 rings (SSSR count). The van der Waals surface area contributed by atoms with Crippen LogP contribution in [0.5, 0.6) is 0 Å². The Morgan fingerprint density at radius 1 is 1.09 bits per heavy atom. The standard InChI is InChI=1S/C18H11NO3/c19-11-13(18(20)21)10-14-8-9-17(22-14)16-7-3-5-12-4-1-2-6-15(12)16/h1-10H,(H,20,21)/b13-10-. The number of benzene rings is 2. The van der Waals surface area contributed by atoms with E-state index in [1.807, 2.05) is 42.5 Å². The molecule has 3 aromatic rings. The van der Waals surface area contributed by atoms with Crippen LogP contribution >= 0.6 is 0 Å². The lowest BCUT2D eigenvalue weighted by atomic mass is 10.0. The lowest BCUT2D eigenvalue weighted by molar-refractivity contribution is -0.132. The zero-order chi connectivity index (χ0) is 15.5. The van der Waals surface area contributed by atoms with Gasteiger partial charge in [0.15, 0.2) is 0 Å². The van der Waals surface area contributed by atoms with Crippen molar-refractivity contribution in [2.75, 3.05) is 0 Å². The van der Waals surface area contributed by atoms with Crippen LogP contribution in [0.25, 0.3) is 28.2 Å². The van der Waals surface area contributed by atoms with E-state index in [0.717, 1.165) is 16.3 Å². The molecule has 0 unspecified atom stereocenters. The number of rotatable bonds is 3. The van der Waals surface area contributed by atoms with Crippen molar-refractivity contribution in [1.29, 1.82) is 5.26 Å². The fourth-order valence-corrected chi connectivity index (χ4v) is 2.30. The monoisotopic (exact) mass is 289 g/mol. The van der Waals surface area contributed by atoms with Gasteiger partial charge in [0.1, 0.15) is 23.2 Å². The van der Waals surface area contributed by atoms with Crippen molar-refractivity contribution in [3.8, 4) is 17.4 Å². The van der Waals surface area contributed by atoms with E-state index in [2.05, 4.69) is 0 Å². The largest absolute Gasteiger partial charge is 0.477 e. The molecule has 0 bridgehead atoms. The summed E-state index contributed by atoms with van der Waals surface area (Å²) >= 11 is 0. The molecule has 0 aliphatic carbocycles. The first kappa shape index (κ1) is 13.7. The minimum absolute atomic E-state index is 0.335. The highest BCUT2D eigenvalue weighted by atomic mass is 16.4. The van der Waals surface area contributed by atoms with Gasteiger partial charge in [0.05, 0.1) is 0 Å². The van der Waals surface area contributed by atoms with E-state index in [0.29, 0.717) is 11.5 Å². The molecular formula is C18H11NO3. The van der Waals surface area contributed by atoms with Crippen molar-refractivity contribution in [3.63, 3.8) is 0 Å². The minimum atomic E-state index is -1.27. The first-order valence-electron chi connectivity index (χ1n) is 6.62. The van der Waals surface area contributed by atoms with Crippen LogP contribution in [0.3, 0.4) is 0 Å². The van der Waals surface area contributed by atoms with Crippen LogP contribution < -0.4 is 0 Å². The van der Waals surface area contributed by atoms with Crippen molar-refractivity contribution in [2.24, 2.45) is 0 Å². The van der Waals surface area contributed by atoms with Gasteiger partial charge in [-0.25, -0.2) is 4.79 Å². The number of hydrogen-bond donors (Lipinski definition) is 1. The van der Waals surface area contributed by atoms with Gasteiger partial charge in [0, 0.05) is 11.6 Å². The molecule has 0 aliphatic heterocycles. The van der Waals surface area contributed by atoms with Gasteiger partial charge < -0.3 is 9.52 Å². The summed E-state index contributed by atoms with van der Waals surface area (Å²) in [4.78, 5) is 10.9. The molecule has 2 aromatic carbocycles. The van der Waals surface area contributed by atoms with Crippen LogP contribution in [-0.2, 0) is 4.79 Å². The van der Waals surface area contributed by atoms with Crippen molar-refractivity contribution in [3.05, 3.63) is 65.9 Å². The average molecular weight is 289 g/mol. The van der Waals surface area contributed by atoms with E-state index in [1.165, 1.54) is 6.08 Å². The molecular weight excluding hydrogens is 278 g/mol. The van der Waals surface area contributed by atoms with Crippen LogP contribution in [0.2, 0.25) is 0 Å². The number of aliphatic carboxylic acids is 1. The molecule has 0 aliphatic rings. The number of furan rings is 1. The van der Waals surface area contributed by atoms with Crippen LogP contribution in [0.1, 0.15) is 5.76 Å². The minimum Gasteiger partial charge on any atom is -0.477 e. The van der Waals surface area contributed by atoms with E-state index in [-0.39, 0.29) is 5.57 Å². The normalized spacial score (nSPS) is 11.3. The molecule has 22 heavy (non-hydrogen) atoms. The fraction of sp³-hybridized carbons (Fsp3) is 0.